The standard InChI is InChI=1S/C27H30N4O5/c1-28-27(33)35-20-5-7-24-22(16-20)26(32)25(36-24)14-18-17-31(13-12-30-10-8-29(2)9-11-30)23-6-4-19(34-3)15-21(18)23/h4-7,14-17H,8-13H2,1-3H3,(H,28,33)/b25-14-. The highest BCUT2D eigenvalue weighted by molar-refractivity contribution is 6.15. The number of rotatable bonds is 6. The summed E-state index contributed by atoms with van der Waals surface area (Å²) < 4.78 is 18.7. The number of ketones is 1. The molecule has 0 unspecified atom stereocenters. The Balaban J connectivity index is 1.42. The van der Waals surface area contributed by atoms with E-state index in [0.29, 0.717) is 11.3 Å². The van der Waals surface area contributed by atoms with Gasteiger partial charge in [-0.2, -0.15) is 0 Å². The third-order valence-electron chi connectivity index (χ3n) is 6.71. The van der Waals surface area contributed by atoms with Crippen LogP contribution in [0.2, 0.25) is 0 Å². The van der Waals surface area contributed by atoms with E-state index in [1.165, 1.54) is 13.1 Å². The van der Waals surface area contributed by atoms with Gasteiger partial charge in [-0.1, -0.05) is 0 Å². The van der Waals surface area contributed by atoms with Crippen molar-refractivity contribution in [3.8, 4) is 17.2 Å². The summed E-state index contributed by atoms with van der Waals surface area (Å²) in [6.45, 7) is 6.08. The number of carbonyl (C=O) groups excluding carboxylic acids is 2. The van der Waals surface area contributed by atoms with E-state index >= 15 is 0 Å². The van der Waals surface area contributed by atoms with Crippen LogP contribution in [-0.4, -0.2) is 80.2 Å². The first-order valence-electron chi connectivity index (χ1n) is 12.0. The van der Waals surface area contributed by atoms with Crippen LogP contribution in [0.5, 0.6) is 17.2 Å². The van der Waals surface area contributed by atoms with E-state index in [0.717, 1.165) is 61.5 Å². The van der Waals surface area contributed by atoms with E-state index in [-0.39, 0.29) is 17.3 Å². The van der Waals surface area contributed by atoms with Crippen molar-refractivity contribution in [2.75, 3.05) is 53.9 Å². The monoisotopic (exact) mass is 490 g/mol. The minimum absolute atomic E-state index is 0.225. The lowest BCUT2D eigenvalue weighted by Crippen LogP contribution is -2.45. The van der Waals surface area contributed by atoms with Crippen molar-refractivity contribution in [2.24, 2.45) is 0 Å². The molecule has 0 saturated carbocycles. The van der Waals surface area contributed by atoms with Crippen LogP contribution < -0.4 is 19.5 Å². The zero-order valence-corrected chi connectivity index (χ0v) is 20.7. The fourth-order valence-corrected chi connectivity index (χ4v) is 4.58. The molecule has 9 heteroatoms. The summed E-state index contributed by atoms with van der Waals surface area (Å²) in [6.07, 6.45) is 3.23. The number of ether oxygens (including phenoxy) is 3. The Morgan fingerprint density at radius 1 is 1.08 bits per heavy atom. The number of likely N-dealkylation sites (N-methyl/N-ethyl adjacent to an activating group) is 1. The van der Waals surface area contributed by atoms with E-state index in [1.807, 2.05) is 12.1 Å². The topological polar surface area (TPSA) is 85.3 Å². The van der Waals surface area contributed by atoms with Crippen LogP contribution in [0.1, 0.15) is 15.9 Å². The molecule has 5 rings (SSSR count). The Kier molecular flexibility index (Phi) is 6.67. The van der Waals surface area contributed by atoms with Crippen LogP contribution in [0, 0.1) is 0 Å². The summed E-state index contributed by atoms with van der Waals surface area (Å²) >= 11 is 0. The van der Waals surface area contributed by atoms with Gasteiger partial charge in [-0.3, -0.25) is 9.69 Å². The van der Waals surface area contributed by atoms with Crippen molar-refractivity contribution in [3.63, 3.8) is 0 Å². The number of nitrogens with one attached hydrogen (secondary N) is 1. The van der Waals surface area contributed by atoms with Gasteiger partial charge in [0.25, 0.3) is 0 Å². The minimum atomic E-state index is -0.601. The van der Waals surface area contributed by atoms with Crippen LogP contribution in [0.3, 0.4) is 0 Å². The number of methoxy groups -OCH3 is 1. The van der Waals surface area contributed by atoms with Crippen LogP contribution >= 0.6 is 0 Å². The average molecular weight is 491 g/mol. The minimum Gasteiger partial charge on any atom is -0.497 e. The molecule has 2 aromatic carbocycles. The van der Waals surface area contributed by atoms with Gasteiger partial charge in [0.2, 0.25) is 5.78 Å². The zero-order valence-electron chi connectivity index (χ0n) is 20.7. The third kappa shape index (κ3) is 4.80. The highest BCUT2D eigenvalue weighted by Crippen LogP contribution is 2.36. The number of allylic oxidation sites excluding steroid dienone is 1. The van der Waals surface area contributed by atoms with Gasteiger partial charge in [0, 0.05) is 69.0 Å². The lowest BCUT2D eigenvalue weighted by atomic mass is 10.1. The van der Waals surface area contributed by atoms with Crippen molar-refractivity contribution in [2.45, 2.75) is 6.54 Å². The fraction of sp³-hybridized carbons (Fsp3) is 0.333. The van der Waals surface area contributed by atoms with Crippen molar-refractivity contribution >= 4 is 28.9 Å². The lowest BCUT2D eigenvalue weighted by Gasteiger charge is -2.32. The number of hydrogen-bond acceptors (Lipinski definition) is 7. The van der Waals surface area contributed by atoms with Crippen molar-refractivity contribution in [1.29, 1.82) is 0 Å². The van der Waals surface area contributed by atoms with Crippen LogP contribution in [0.15, 0.2) is 48.4 Å². The molecule has 0 bridgehead atoms. The molecule has 2 aliphatic rings. The van der Waals surface area contributed by atoms with E-state index in [4.69, 9.17) is 14.2 Å². The predicted molar refractivity (Wildman–Crippen MR) is 137 cm³/mol. The number of fused-ring (bicyclic) bond motifs is 2. The van der Waals surface area contributed by atoms with E-state index < -0.39 is 6.09 Å². The summed E-state index contributed by atoms with van der Waals surface area (Å²) in [7, 11) is 5.27. The van der Waals surface area contributed by atoms with Gasteiger partial charge in [-0.15, -0.1) is 0 Å². The second kappa shape index (κ2) is 10.0. The normalized spacial score (nSPS) is 17.3. The SMILES string of the molecule is CNC(=O)Oc1ccc2c(c1)C(=O)/C(=C/c1cn(CCN3CCN(C)CC3)c3ccc(OC)cc13)O2. The quantitative estimate of drug-likeness (QED) is 0.531. The molecule has 0 atom stereocenters. The van der Waals surface area contributed by atoms with Crippen LogP contribution in [-0.2, 0) is 6.54 Å². The number of amides is 1. The van der Waals surface area contributed by atoms with Gasteiger partial charge in [0.05, 0.1) is 12.7 Å². The molecular formula is C27H30N4O5. The summed E-state index contributed by atoms with van der Waals surface area (Å²) in [4.78, 5) is 29.5. The Labute approximate surface area is 209 Å². The Hall–Kier alpha value is -3.82. The Bertz CT molecular complexity index is 1340. The first-order chi connectivity index (χ1) is 17.4. The van der Waals surface area contributed by atoms with Gasteiger partial charge < -0.3 is 29.0 Å². The van der Waals surface area contributed by atoms with Gasteiger partial charge in [0.15, 0.2) is 5.76 Å². The third-order valence-corrected chi connectivity index (χ3v) is 6.71. The number of piperazine rings is 1. The molecule has 9 nitrogen and oxygen atoms in total. The smallest absolute Gasteiger partial charge is 0.412 e. The van der Waals surface area contributed by atoms with Gasteiger partial charge >= 0.3 is 6.09 Å². The molecule has 3 heterocycles. The van der Waals surface area contributed by atoms with Gasteiger partial charge in [-0.05, 0) is 49.5 Å². The molecule has 1 amide bonds. The number of hydrogen-bond donors (Lipinski definition) is 1. The van der Waals surface area contributed by atoms with Crippen LogP contribution in [0.25, 0.3) is 17.0 Å². The van der Waals surface area contributed by atoms with Crippen molar-refractivity contribution in [3.05, 3.63) is 59.5 Å². The first-order valence-corrected chi connectivity index (χ1v) is 12.0. The number of carbonyl (C=O) groups is 2. The van der Waals surface area contributed by atoms with E-state index in [2.05, 4.69) is 39.0 Å². The van der Waals surface area contributed by atoms with E-state index in [1.54, 1.807) is 25.3 Å². The fourth-order valence-electron chi connectivity index (χ4n) is 4.58. The number of Topliss-reactive ketones (excluding diaryl/α,β-unsaturated/α-hetero) is 1. The molecule has 188 valence electrons. The van der Waals surface area contributed by atoms with Gasteiger partial charge in [-0.25, -0.2) is 4.79 Å². The number of benzene rings is 2. The number of nitrogens with zero attached hydrogens (tertiary/aromatic N) is 3. The molecule has 1 saturated heterocycles. The zero-order chi connectivity index (χ0) is 25.2. The molecule has 0 radical (unpaired) electrons. The second-order valence-corrected chi connectivity index (χ2v) is 9.04. The number of aromatic nitrogens is 1. The maximum atomic E-state index is 13.1. The molecule has 36 heavy (non-hydrogen) atoms. The molecule has 1 N–H and O–H groups in total. The van der Waals surface area contributed by atoms with Crippen molar-refractivity contribution < 1.29 is 23.8 Å². The maximum absolute atomic E-state index is 13.1. The van der Waals surface area contributed by atoms with Crippen molar-refractivity contribution in [1.82, 2.24) is 19.7 Å². The van der Waals surface area contributed by atoms with Gasteiger partial charge in [0.1, 0.15) is 17.2 Å². The molecule has 0 spiro atoms. The first kappa shape index (κ1) is 23.9. The molecular weight excluding hydrogens is 460 g/mol. The molecule has 0 aliphatic carbocycles. The summed E-state index contributed by atoms with van der Waals surface area (Å²) in [5.74, 6) is 1.43. The molecule has 1 fully saturated rings. The Morgan fingerprint density at radius 3 is 2.61 bits per heavy atom. The molecule has 2 aliphatic heterocycles. The van der Waals surface area contributed by atoms with E-state index in [9.17, 15) is 9.59 Å². The average Bonchev–Trinajstić information content (AvgIpc) is 3.40. The Morgan fingerprint density at radius 2 is 1.86 bits per heavy atom. The highest BCUT2D eigenvalue weighted by Gasteiger charge is 2.28. The molecule has 1 aromatic heterocycles. The lowest BCUT2D eigenvalue weighted by molar-refractivity contribution is 0.101. The summed E-state index contributed by atoms with van der Waals surface area (Å²) in [5.41, 5.74) is 2.31. The summed E-state index contributed by atoms with van der Waals surface area (Å²) in [5, 5.41) is 3.37. The maximum Gasteiger partial charge on any atom is 0.412 e. The molecule has 3 aromatic rings. The largest absolute Gasteiger partial charge is 0.497 e. The highest BCUT2D eigenvalue weighted by atomic mass is 16.6. The second-order valence-electron chi connectivity index (χ2n) is 9.04. The van der Waals surface area contributed by atoms with Crippen LogP contribution in [0.4, 0.5) is 4.79 Å². The summed E-state index contributed by atoms with van der Waals surface area (Å²) in [6, 6.07) is 10.7. The predicted octanol–water partition coefficient (Wildman–Crippen LogP) is 3.23.